The number of hydrogen-bond donors (Lipinski definition) is 0. The van der Waals surface area contributed by atoms with Crippen molar-refractivity contribution in [3.8, 4) is 11.3 Å². The van der Waals surface area contributed by atoms with Crippen LogP contribution in [-0.2, 0) is 0 Å². The van der Waals surface area contributed by atoms with Crippen LogP contribution in [0.4, 0.5) is 10.1 Å². The van der Waals surface area contributed by atoms with E-state index < -0.39 is 16.6 Å². The van der Waals surface area contributed by atoms with Crippen molar-refractivity contribution in [1.82, 2.24) is 0 Å². The van der Waals surface area contributed by atoms with Gasteiger partial charge < -0.3 is 4.42 Å². The van der Waals surface area contributed by atoms with Gasteiger partial charge in [-0.05, 0) is 36.4 Å². The molecule has 120 valence electrons. The highest BCUT2D eigenvalue weighted by molar-refractivity contribution is 7.07. The van der Waals surface area contributed by atoms with Crippen molar-refractivity contribution in [2.45, 2.75) is 0 Å². The Morgan fingerprint density at radius 2 is 1.79 bits per heavy atom. The van der Waals surface area contributed by atoms with Gasteiger partial charge in [-0.15, -0.1) is 0 Å². The second-order valence-electron chi connectivity index (χ2n) is 4.70. The van der Waals surface area contributed by atoms with Crippen molar-refractivity contribution in [3.05, 3.63) is 80.3 Å². The van der Waals surface area contributed by atoms with Gasteiger partial charge in [-0.1, -0.05) is 11.3 Å². The Morgan fingerprint density at radius 1 is 1.12 bits per heavy atom. The monoisotopic (exact) mass is 344 g/mol. The summed E-state index contributed by atoms with van der Waals surface area (Å²) in [6, 6.07) is 10.9. The van der Waals surface area contributed by atoms with Gasteiger partial charge in [0.05, 0.1) is 4.92 Å². The maximum absolute atomic E-state index is 12.8. The molecule has 0 atom stereocenters. The van der Waals surface area contributed by atoms with Crippen LogP contribution in [0.3, 0.4) is 0 Å². The molecule has 0 saturated heterocycles. The highest BCUT2D eigenvalue weighted by Gasteiger charge is 2.09. The van der Waals surface area contributed by atoms with Crippen LogP contribution in [0.2, 0.25) is 0 Å². The van der Waals surface area contributed by atoms with Crippen molar-refractivity contribution >= 4 is 22.9 Å². The van der Waals surface area contributed by atoms with E-state index in [1.54, 1.807) is 17.5 Å². The summed E-state index contributed by atoms with van der Waals surface area (Å²) in [6.45, 7) is 0. The highest BCUT2D eigenvalue weighted by Crippen LogP contribution is 2.22. The summed E-state index contributed by atoms with van der Waals surface area (Å²) in [6.07, 6.45) is 0. The fourth-order valence-corrected chi connectivity index (χ4v) is 2.58. The van der Waals surface area contributed by atoms with Gasteiger partial charge in [0.15, 0.2) is 0 Å². The molecule has 0 radical (unpaired) electrons. The van der Waals surface area contributed by atoms with Crippen LogP contribution < -0.4 is 4.87 Å². The molecule has 24 heavy (non-hydrogen) atoms. The lowest BCUT2D eigenvalue weighted by Gasteiger charge is -1.95. The lowest BCUT2D eigenvalue weighted by Crippen LogP contribution is -2.01. The van der Waals surface area contributed by atoms with Crippen molar-refractivity contribution in [2.24, 2.45) is 4.99 Å². The maximum atomic E-state index is 12.8. The molecule has 0 aliphatic heterocycles. The summed E-state index contributed by atoms with van der Waals surface area (Å²) in [5, 5.41) is 12.3. The smallest absolute Gasteiger partial charge is 0.282 e. The van der Waals surface area contributed by atoms with Crippen molar-refractivity contribution in [1.29, 1.82) is 0 Å². The Hall–Kier alpha value is -3.13. The van der Waals surface area contributed by atoms with E-state index in [0.29, 0.717) is 11.3 Å². The molecule has 3 rings (SSSR count). The van der Waals surface area contributed by atoms with Crippen LogP contribution in [-0.4, -0.2) is 10.8 Å². The number of nitro benzene ring substituents is 1. The molecule has 0 N–H and O–H groups in total. The van der Waals surface area contributed by atoms with E-state index in [0.717, 1.165) is 11.3 Å². The quantitative estimate of drug-likeness (QED) is 0.534. The topological polar surface area (TPSA) is 85.7 Å². The first-order chi connectivity index (χ1) is 11.5. The number of carbonyl (C=O) groups is 1. The maximum Gasteiger partial charge on any atom is 0.282 e. The average molecular weight is 344 g/mol. The van der Waals surface area contributed by atoms with Crippen LogP contribution in [0.15, 0.2) is 63.3 Å². The predicted octanol–water partition coefficient (Wildman–Crippen LogP) is 3.80. The van der Waals surface area contributed by atoms with Crippen molar-refractivity contribution in [2.75, 3.05) is 0 Å². The van der Waals surface area contributed by atoms with Gasteiger partial charge >= 0.3 is 0 Å². The van der Waals surface area contributed by atoms with E-state index in [-0.39, 0.29) is 16.1 Å². The van der Waals surface area contributed by atoms with Crippen LogP contribution in [0.1, 0.15) is 10.4 Å². The van der Waals surface area contributed by atoms with Gasteiger partial charge in [-0.25, -0.2) is 4.39 Å². The summed E-state index contributed by atoms with van der Waals surface area (Å²) in [5.41, 5.74) is 0.856. The Bertz CT molecular complexity index is 959. The van der Waals surface area contributed by atoms with Gasteiger partial charge in [0.1, 0.15) is 11.6 Å². The number of benzene rings is 2. The van der Waals surface area contributed by atoms with Gasteiger partial charge in [0.25, 0.3) is 16.5 Å². The zero-order valence-electron chi connectivity index (χ0n) is 12.0. The van der Waals surface area contributed by atoms with Gasteiger partial charge in [-0.2, -0.15) is 4.99 Å². The summed E-state index contributed by atoms with van der Waals surface area (Å²) in [7, 11) is 0. The molecule has 1 heterocycles. The molecule has 2 aromatic carbocycles. The number of halogens is 1. The highest BCUT2D eigenvalue weighted by atomic mass is 32.1. The number of non-ortho nitro benzene ring substituents is 1. The SMILES string of the molecule is O=C(N=c1oc(-c2ccc([N+](=O)[O-])cc2)cs1)c1ccc(F)cc1. The summed E-state index contributed by atoms with van der Waals surface area (Å²) < 4.78 is 18.3. The molecule has 1 aromatic heterocycles. The minimum absolute atomic E-state index is 0.0228. The van der Waals surface area contributed by atoms with E-state index >= 15 is 0 Å². The molecule has 0 aliphatic rings. The van der Waals surface area contributed by atoms with Crippen LogP contribution in [0, 0.1) is 15.9 Å². The number of hydrogen-bond acceptors (Lipinski definition) is 5. The number of rotatable bonds is 3. The molecular formula is C16H9FN2O4S. The largest absolute Gasteiger partial charge is 0.429 e. The third-order valence-electron chi connectivity index (χ3n) is 3.11. The van der Waals surface area contributed by atoms with E-state index in [9.17, 15) is 19.3 Å². The zero-order chi connectivity index (χ0) is 17.1. The van der Waals surface area contributed by atoms with Gasteiger partial charge in [0.2, 0.25) is 0 Å². The average Bonchev–Trinajstić information content (AvgIpc) is 3.04. The Labute approximate surface area is 138 Å². The normalized spacial score (nSPS) is 11.5. The van der Waals surface area contributed by atoms with E-state index in [1.165, 1.54) is 36.4 Å². The van der Waals surface area contributed by atoms with Crippen molar-refractivity contribution in [3.63, 3.8) is 0 Å². The molecule has 1 amide bonds. The minimum Gasteiger partial charge on any atom is -0.429 e. The molecule has 0 unspecified atom stereocenters. The Morgan fingerprint density at radius 3 is 2.42 bits per heavy atom. The van der Waals surface area contributed by atoms with E-state index in [1.807, 2.05) is 0 Å². The van der Waals surface area contributed by atoms with E-state index in [2.05, 4.69) is 4.99 Å². The van der Waals surface area contributed by atoms with Crippen LogP contribution in [0.5, 0.6) is 0 Å². The van der Waals surface area contributed by atoms with Gasteiger partial charge in [-0.3, -0.25) is 14.9 Å². The zero-order valence-corrected chi connectivity index (χ0v) is 12.8. The number of carbonyl (C=O) groups excluding carboxylic acids is 1. The summed E-state index contributed by atoms with van der Waals surface area (Å²) in [5.74, 6) is -0.538. The minimum atomic E-state index is -0.546. The van der Waals surface area contributed by atoms with Crippen molar-refractivity contribution < 1.29 is 18.5 Å². The molecule has 0 saturated carbocycles. The molecule has 0 spiro atoms. The fourth-order valence-electron chi connectivity index (χ4n) is 1.91. The molecule has 8 heteroatoms. The second kappa shape index (κ2) is 6.55. The van der Waals surface area contributed by atoms with Crippen LogP contribution in [0.25, 0.3) is 11.3 Å². The molecule has 3 aromatic rings. The first-order valence-electron chi connectivity index (χ1n) is 6.71. The number of nitrogens with zero attached hydrogens (tertiary/aromatic N) is 2. The third-order valence-corrected chi connectivity index (χ3v) is 3.82. The number of nitro groups is 1. The molecular weight excluding hydrogens is 335 g/mol. The lowest BCUT2D eigenvalue weighted by molar-refractivity contribution is -0.384. The molecule has 0 fully saturated rings. The molecule has 0 bridgehead atoms. The van der Waals surface area contributed by atoms with Gasteiger partial charge in [0, 0.05) is 28.6 Å². The Balaban J connectivity index is 1.85. The first kappa shape index (κ1) is 15.8. The summed E-state index contributed by atoms with van der Waals surface area (Å²) in [4.78, 5) is 26.1. The first-order valence-corrected chi connectivity index (χ1v) is 7.59. The Kier molecular flexibility index (Phi) is 4.30. The third kappa shape index (κ3) is 3.44. The lowest BCUT2D eigenvalue weighted by atomic mass is 10.2. The predicted molar refractivity (Wildman–Crippen MR) is 85.0 cm³/mol. The van der Waals surface area contributed by atoms with E-state index in [4.69, 9.17) is 4.42 Å². The standard InChI is InChI=1S/C16H9FN2O4S/c17-12-5-1-11(2-6-12)15(20)18-16-23-14(9-24-16)10-3-7-13(8-4-10)19(21)22/h1-9H. The molecule has 6 nitrogen and oxygen atoms in total. The fraction of sp³-hybridized carbons (Fsp3) is 0. The second-order valence-corrected chi connectivity index (χ2v) is 5.52. The molecule has 0 aliphatic carbocycles. The number of amides is 1. The van der Waals surface area contributed by atoms with Crippen LogP contribution >= 0.6 is 11.3 Å². The summed E-state index contributed by atoms with van der Waals surface area (Å²) >= 11 is 1.12.